The summed E-state index contributed by atoms with van der Waals surface area (Å²) in [6.07, 6.45) is 2.72. The number of fused-ring (bicyclic) bond motifs is 2. The van der Waals surface area contributed by atoms with E-state index in [4.69, 9.17) is 4.28 Å². The van der Waals surface area contributed by atoms with Gasteiger partial charge in [0.15, 0.2) is 11.6 Å². The van der Waals surface area contributed by atoms with Crippen molar-refractivity contribution in [1.82, 2.24) is 9.71 Å². The van der Waals surface area contributed by atoms with E-state index in [2.05, 4.69) is 4.98 Å². The number of carbonyl (C=O) groups is 2. The van der Waals surface area contributed by atoms with E-state index in [9.17, 15) is 18.0 Å². The van der Waals surface area contributed by atoms with Crippen molar-refractivity contribution >= 4 is 21.7 Å². The molecular formula is C18H12N2O5S. The van der Waals surface area contributed by atoms with E-state index in [0.717, 1.165) is 4.73 Å². The molecule has 0 saturated heterocycles. The highest BCUT2D eigenvalue weighted by atomic mass is 32.2. The molecule has 0 atom stereocenters. The fourth-order valence-electron chi connectivity index (χ4n) is 2.91. The fraction of sp³-hybridized carbons (Fsp3) is 0.0556. The Hall–Kier alpha value is -3.26. The molecule has 0 fully saturated rings. The van der Waals surface area contributed by atoms with Gasteiger partial charge in [-0.1, -0.05) is 36.4 Å². The third-order valence-electron chi connectivity index (χ3n) is 4.14. The van der Waals surface area contributed by atoms with Gasteiger partial charge in [0.25, 0.3) is 0 Å². The second kappa shape index (κ2) is 5.63. The van der Waals surface area contributed by atoms with Gasteiger partial charge in [0, 0.05) is 22.9 Å². The van der Waals surface area contributed by atoms with Crippen molar-refractivity contribution in [3.63, 3.8) is 0 Å². The maximum atomic E-state index is 12.9. The molecule has 8 heteroatoms. The average Bonchev–Trinajstić information content (AvgIpc) is 3.03. The standard InChI is InChI=1S/C18H12N2O5S/c1-11-19-9-10-20(11)25-26(23,24)15-8-4-7-14-16(15)18(22)13-6-3-2-5-12(13)17(14)21/h2-10H,1H3. The summed E-state index contributed by atoms with van der Waals surface area (Å²) in [5.41, 5.74) is 0.298. The highest BCUT2D eigenvalue weighted by molar-refractivity contribution is 7.87. The Labute approximate surface area is 148 Å². The fourth-order valence-corrected chi connectivity index (χ4v) is 4.06. The quantitative estimate of drug-likeness (QED) is 0.547. The van der Waals surface area contributed by atoms with Crippen LogP contribution in [-0.4, -0.2) is 29.7 Å². The lowest BCUT2D eigenvalue weighted by molar-refractivity contribution is 0.0976. The van der Waals surface area contributed by atoms with Crippen LogP contribution in [0.4, 0.5) is 0 Å². The number of benzene rings is 2. The van der Waals surface area contributed by atoms with Crippen molar-refractivity contribution in [2.24, 2.45) is 0 Å². The van der Waals surface area contributed by atoms with Crippen LogP contribution in [0.25, 0.3) is 0 Å². The van der Waals surface area contributed by atoms with Gasteiger partial charge in [0.2, 0.25) is 0 Å². The molecule has 3 aromatic rings. The Morgan fingerprint density at radius 1 is 0.923 bits per heavy atom. The number of aromatic nitrogens is 2. The van der Waals surface area contributed by atoms with Crippen LogP contribution in [0.2, 0.25) is 0 Å². The molecular weight excluding hydrogens is 356 g/mol. The van der Waals surface area contributed by atoms with Gasteiger partial charge in [0.1, 0.15) is 10.7 Å². The summed E-state index contributed by atoms with van der Waals surface area (Å²) in [5, 5.41) is 0. The lowest BCUT2D eigenvalue weighted by Crippen LogP contribution is -2.27. The topological polar surface area (TPSA) is 95.3 Å². The summed E-state index contributed by atoms with van der Waals surface area (Å²) in [6, 6.07) is 10.4. The molecule has 2 aromatic carbocycles. The number of hydrogen-bond acceptors (Lipinski definition) is 6. The maximum absolute atomic E-state index is 12.9. The van der Waals surface area contributed by atoms with Crippen LogP contribution in [0, 0.1) is 6.92 Å². The van der Waals surface area contributed by atoms with Gasteiger partial charge in [-0.25, -0.2) is 4.98 Å². The molecule has 0 bridgehead atoms. The van der Waals surface area contributed by atoms with Crippen LogP contribution in [0.1, 0.15) is 37.7 Å². The molecule has 26 heavy (non-hydrogen) atoms. The molecule has 0 spiro atoms. The molecule has 7 nitrogen and oxygen atoms in total. The second-order valence-electron chi connectivity index (χ2n) is 5.71. The van der Waals surface area contributed by atoms with Crippen LogP contribution in [0.5, 0.6) is 0 Å². The third-order valence-corrected chi connectivity index (χ3v) is 5.38. The molecule has 1 heterocycles. The highest BCUT2D eigenvalue weighted by Crippen LogP contribution is 2.31. The van der Waals surface area contributed by atoms with E-state index in [1.807, 2.05) is 0 Å². The van der Waals surface area contributed by atoms with Crippen molar-refractivity contribution in [2.75, 3.05) is 0 Å². The largest absolute Gasteiger partial charge is 0.357 e. The maximum Gasteiger partial charge on any atom is 0.357 e. The normalized spacial score (nSPS) is 13.3. The summed E-state index contributed by atoms with van der Waals surface area (Å²) in [5.74, 6) is -0.600. The van der Waals surface area contributed by atoms with Crippen molar-refractivity contribution in [3.05, 3.63) is 82.9 Å². The van der Waals surface area contributed by atoms with Crippen LogP contribution < -0.4 is 4.28 Å². The first-order valence-corrected chi connectivity index (χ1v) is 9.07. The first kappa shape index (κ1) is 16.2. The van der Waals surface area contributed by atoms with E-state index in [0.29, 0.717) is 5.82 Å². The zero-order valence-corrected chi connectivity index (χ0v) is 14.4. The van der Waals surface area contributed by atoms with Crippen molar-refractivity contribution in [2.45, 2.75) is 11.8 Å². The molecule has 4 rings (SSSR count). The van der Waals surface area contributed by atoms with Crippen LogP contribution in [-0.2, 0) is 10.1 Å². The molecule has 0 unspecified atom stereocenters. The Bertz CT molecular complexity index is 1180. The number of nitrogens with zero attached hydrogens (tertiary/aromatic N) is 2. The molecule has 1 aromatic heterocycles. The van der Waals surface area contributed by atoms with E-state index >= 15 is 0 Å². The van der Waals surface area contributed by atoms with Crippen molar-refractivity contribution in [1.29, 1.82) is 0 Å². The molecule has 0 N–H and O–H groups in total. The average molecular weight is 368 g/mol. The SMILES string of the molecule is Cc1nccn1OS(=O)(=O)c1cccc2c1C(=O)c1ccccc1C2=O. The van der Waals surface area contributed by atoms with Crippen LogP contribution >= 0.6 is 0 Å². The number of ketones is 2. The number of carbonyl (C=O) groups excluding carboxylic acids is 2. The number of imidazole rings is 1. The first-order valence-electron chi connectivity index (χ1n) is 7.66. The molecule has 0 saturated carbocycles. The minimum Gasteiger partial charge on any atom is -0.289 e. The summed E-state index contributed by atoms with van der Waals surface area (Å²) in [6.45, 7) is 1.57. The minimum absolute atomic E-state index is 0.0423. The smallest absolute Gasteiger partial charge is 0.289 e. The van der Waals surface area contributed by atoms with Gasteiger partial charge >= 0.3 is 10.1 Å². The van der Waals surface area contributed by atoms with E-state index in [1.54, 1.807) is 25.1 Å². The molecule has 1 aliphatic carbocycles. The van der Waals surface area contributed by atoms with Gasteiger partial charge in [-0.2, -0.15) is 13.1 Å². The summed E-state index contributed by atoms with van der Waals surface area (Å²) in [7, 11) is -4.36. The minimum atomic E-state index is -4.36. The van der Waals surface area contributed by atoms with E-state index < -0.39 is 21.7 Å². The Kier molecular flexibility index (Phi) is 3.52. The summed E-state index contributed by atoms with van der Waals surface area (Å²) in [4.78, 5) is 29.1. The summed E-state index contributed by atoms with van der Waals surface area (Å²) >= 11 is 0. The van der Waals surface area contributed by atoms with Gasteiger partial charge in [-0.05, 0) is 13.0 Å². The van der Waals surface area contributed by atoms with E-state index in [1.165, 1.54) is 36.7 Å². The predicted octanol–water partition coefficient (Wildman–Crippen LogP) is 1.78. The van der Waals surface area contributed by atoms with Gasteiger partial charge in [0.05, 0.1) is 11.8 Å². The highest BCUT2D eigenvalue weighted by Gasteiger charge is 2.35. The Morgan fingerprint density at radius 2 is 1.58 bits per heavy atom. The van der Waals surface area contributed by atoms with Crippen LogP contribution in [0.15, 0.2) is 59.8 Å². The third kappa shape index (κ3) is 2.34. The Morgan fingerprint density at radius 3 is 2.23 bits per heavy atom. The summed E-state index contributed by atoms with van der Waals surface area (Å²) < 4.78 is 31.6. The van der Waals surface area contributed by atoms with Gasteiger partial charge < -0.3 is 0 Å². The zero-order valence-electron chi connectivity index (χ0n) is 13.5. The second-order valence-corrected chi connectivity index (χ2v) is 7.21. The Balaban J connectivity index is 1.90. The molecule has 1 aliphatic rings. The number of aryl methyl sites for hydroxylation is 1. The molecule has 0 amide bonds. The number of rotatable bonds is 3. The van der Waals surface area contributed by atoms with Gasteiger partial charge in [-0.15, -0.1) is 0 Å². The first-order chi connectivity index (χ1) is 12.4. The molecule has 130 valence electrons. The molecule has 0 radical (unpaired) electrons. The van der Waals surface area contributed by atoms with Gasteiger partial charge in [-0.3, -0.25) is 13.9 Å². The molecule has 0 aliphatic heterocycles. The van der Waals surface area contributed by atoms with E-state index in [-0.39, 0.29) is 27.1 Å². The predicted molar refractivity (Wildman–Crippen MR) is 90.5 cm³/mol. The zero-order chi connectivity index (χ0) is 18.5. The lowest BCUT2D eigenvalue weighted by atomic mass is 9.84. The van der Waals surface area contributed by atoms with Crippen molar-refractivity contribution in [3.8, 4) is 0 Å². The van der Waals surface area contributed by atoms with Crippen LogP contribution in [0.3, 0.4) is 0 Å². The number of hydrogen-bond donors (Lipinski definition) is 0. The lowest BCUT2D eigenvalue weighted by Gasteiger charge is -2.19. The van der Waals surface area contributed by atoms with Crippen molar-refractivity contribution < 1.29 is 22.3 Å². The monoisotopic (exact) mass is 368 g/mol.